The Morgan fingerprint density at radius 3 is 1.79 bits per heavy atom. The number of aromatic nitrogens is 1. The molecule has 0 aliphatic heterocycles. The first kappa shape index (κ1) is 22.0. The van der Waals surface area contributed by atoms with Crippen molar-refractivity contribution in [2.45, 2.75) is 99.8 Å². The Morgan fingerprint density at radius 1 is 0.875 bits per heavy atom. The SMILES string of the molecule is CCC[CH2][Sn]([CH2]CCC)([CH2]CCC)[c]1cc(CC(C)(C)C)ccn1. The molecule has 0 unspecified atom stereocenters. The maximum atomic E-state index is 4.99. The molecule has 0 radical (unpaired) electrons. The van der Waals surface area contributed by atoms with Crippen LogP contribution in [0, 0.1) is 5.41 Å². The second-order valence-electron chi connectivity index (χ2n) is 8.88. The molecule has 0 aliphatic carbocycles. The van der Waals surface area contributed by atoms with Gasteiger partial charge in [0.2, 0.25) is 0 Å². The number of pyridine rings is 1. The van der Waals surface area contributed by atoms with Crippen molar-refractivity contribution in [2.24, 2.45) is 5.41 Å². The zero-order valence-corrected chi connectivity index (χ0v) is 20.1. The van der Waals surface area contributed by atoms with Gasteiger partial charge in [0.1, 0.15) is 0 Å². The van der Waals surface area contributed by atoms with Gasteiger partial charge >= 0.3 is 156 Å². The summed E-state index contributed by atoms with van der Waals surface area (Å²) in [5.41, 5.74) is 1.87. The first-order valence-electron chi connectivity index (χ1n) is 10.3. The molecule has 2 heteroatoms. The van der Waals surface area contributed by atoms with Crippen molar-refractivity contribution in [2.75, 3.05) is 0 Å². The third kappa shape index (κ3) is 7.45. The second-order valence-corrected chi connectivity index (χ2v) is 21.9. The van der Waals surface area contributed by atoms with Crippen LogP contribution in [0.5, 0.6) is 0 Å². The summed E-state index contributed by atoms with van der Waals surface area (Å²) in [4.78, 5) is 4.99. The minimum absolute atomic E-state index is 0.354. The summed E-state index contributed by atoms with van der Waals surface area (Å²) in [5, 5.41) is 0. The third-order valence-corrected chi connectivity index (χ3v) is 20.2. The molecule has 0 amide bonds. The molecule has 0 aromatic carbocycles. The molecule has 0 bridgehead atoms. The Balaban J connectivity index is 3.16. The standard InChI is InChI=1S/C10H14N.3C4H9.Sn/c1-10(2,3)8-9-4-6-11-7-5-9;3*1-3-4-2;/h4-6H,8H2,1-3H3;3*1,3-4H2,2H3;. The van der Waals surface area contributed by atoms with Gasteiger partial charge in [-0.25, -0.2) is 0 Å². The van der Waals surface area contributed by atoms with Crippen LogP contribution in [0.25, 0.3) is 0 Å². The van der Waals surface area contributed by atoms with Crippen molar-refractivity contribution >= 4 is 22.1 Å². The molecule has 1 nitrogen and oxygen atoms in total. The van der Waals surface area contributed by atoms with E-state index in [9.17, 15) is 0 Å². The molecule has 24 heavy (non-hydrogen) atoms. The average molecular weight is 438 g/mol. The van der Waals surface area contributed by atoms with Crippen LogP contribution in [0.3, 0.4) is 0 Å². The number of hydrogen-bond donors (Lipinski definition) is 0. The van der Waals surface area contributed by atoms with Crippen LogP contribution in [-0.2, 0) is 6.42 Å². The summed E-state index contributed by atoms with van der Waals surface area (Å²) in [6.45, 7) is 14.1. The van der Waals surface area contributed by atoms with E-state index in [4.69, 9.17) is 4.98 Å². The summed E-state index contributed by atoms with van der Waals surface area (Å²) in [5.74, 6) is 0. The van der Waals surface area contributed by atoms with Gasteiger partial charge in [0.25, 0.3) is 0 Å². The van der Waals surface area contributed by atoms with E-state index in [1.165, 1.54) is 63.8 Å². The molecule has 1 aromatic rings. The van der Waals surface area contributed by atoms with Gasteiger partial charge in [-0.1, -0.05) is 0 Å². The van der Waals surface area contributed by atoms with Gasteiger partial charge in [0.15, 0.2) is 0 Å². The summed E-state index contributed by atoms with van der Waals surface area (Å²) in [7, 11) is 0. The summed E-state index contributed by atoms with van der Waals surface area (Å²) < 4.78 is 6.12. The van der Waals surface area contributed by atoms with Crippen molar-refractivity contribution in [3.63, 3.8) is 0 Å². The molecule has 0 spiro atoms. The van der Waals surface area contributed by atoms with Crippen LogP contribution >= 0.6 is 0 Å². The summed E-state index contributed by atoms with van der Waals surface area (Å²) >= 11 is -2.35. The van der Waals surface area contributed by atoms with Crippen LogP contribution in [0.1, 0.15) is 85.6 Å². The molecule has 1 heterocycles. The fourth-order valence-corrected chi connectivity index (χ4v) is 19.3. The molecule has 0 N–H and O–H groups in total. The van der Waals surface area contributed by atoms with Crippen LogP contribution in [-0.4, -0.2) is 23.4 Å². The van der Waals surface area contributed by atoms with Crippen molar-refractivity contribution in [3.05, 3.63) is 23.9 Å². The quantitative estimate of drug-likeness (QED) is 0.349. The van der Waals surface area contributed by atoms with E-state index in [2.05, 4.69) is 59.9 Å². The molecule has 0 saturated heterocycles. The van der Waals surface area contributed by atoms with Gasteiger partial charge < -0.3 is 0 Å². The predicted molar refractivity (Wildman–Crippen MR) is 112 cm³/mol. The number of rotatable bonds is 11. The van der Waals surface area contributed by atoms with Crippen molar-refractivity contribution in [3.8, 4) is 0 Å². The summed E-state index contributed by atoms with van der Waals surface area (Å²) in [6.07, 6.45) is 11.5. The van der Waals surface area contributed by atoms with Gasteiger partial charge in [-0.15, -0.1) is 0 Å². The van der Waals surface area contributed by atoms with E-state index in [0.29, 0.717) is 5.41 Å². The zero-order chi connectivity index (χ0) is 18.1. The molecular formula is C22H41NSn. The zero-order valence-electron chi connectivity index (χ0n) is 17.3. The number of nitrogens with zero attached hydrogens (tertiary/aromatic N) is 1. The Labute approximate surface area is 155 Å². The van der Waals surface area contributed by atoms with E-state index >= 15 is 0 Å². The molecular weight excluding hydrogens is 397 g/mol. The molecule has 1 rings (SSSR count). The molecule has 0 fully saturated rings. The number of hydrogen-bond acceptors (Lipinski definition) is 1. The van der Waals surface area contributed by atoms with Crippen LogP contribution in [0.4, 0.5) is 0 Å². The molecule has 0 saturated carbocycles. The van der Waals surface area contributed by atoms with Crippen LogP contribution in [0.2, 0.25) is 13.3 Å². The normalized spacial score (nSPS) is 12.6. The fourth-order valence-electron chi connectivity index (χ4n) is 3.79. The van der Waals surface area contributed by atoms with Crippen LogP contribution < -0.4 is 3.71 Å². The van der Waals surface area contributed by atoms with Crippen molar-refractivity contribution < 1.29 is 0 Å². The Kier molecular flexibility index (Phi) is 9.92. The van der Waals surface area contributed by atoms with Gasteiger partial charge in [0.05, 0.1) is 0 Å². The first-order valence-corrected chi connectivity index (χ1v) is 17.8. The van der Waals surface area contributed by atoms with E-state index < -0.39 is 18.4 Å². The minimum atomic E-state index is -2.35. The molecule has 138 valence electrons. The predicted octanol–water partition coefficient (Wildman–Crippen LogP) is 6.73. The van der Waals surface area contributed by atoms with Gasteiger partial charge in [0, 0.05) is 0 Å². The van der Waals surface area contributed by atoms with E-state index in [-0.39, 0.29) is 0 Å². The van der Waals surface area contributed by atoms with Crippen molar-refractivity contribution in [1.29, 1.82) is 0 Å². The van der Waals surface area contributed by atoms with Crippen molar-refractivity contribution in [1.82, 2.24) is 4.98 Å². The molecule has 0 aliphatic rings. The maximum absolute atomic E-state index is 4.99. The van der Waals surface area contributed by atoms with E-state index in [1.807, 2.05) is 0 Å². The number of unbranched alkanes of at least 4 members (excludes halogenated alkanes) is 3. The molecule has 1 aromatic heterocycles. The Morgan fingerprint density at radius 2 is 1.38 bits per heavy atom. The fraction of sp³-hybridized carbons (Fsp3) is 0.773. The topological polar surface area (TPSA) is 12.9 Å². The van der Waals surface area contributed by atoms with E-state index in [1.54, 1.807) is 3.71 Å². The van der Waals surface area contributed by atoms with Crippen LogP contribution in [0.15, 0.2) is 18.3 Å². The van der Waals surface area contributed by atoms with E-state index in [0.717, 1.165) is 0 Å². The molecule has 0 atom stereocenters. The van der Waals surface area contributed by atoms with Gasteiger partial charge in [-0.2, -0.15) is 0 Å². The first-order chi connectivity index (χ1) is 11.4. The second kappa shape index (κ2) is 10.8. The summed E-state index contributed by atoms with van der Waals surface area (Å²) in [6, 6.07) is 4.78. The monoisotopic (exact) mass is 439 g/mol. The average Bonchev–Trinajstić information content (AvgIpc) is 2.53. The Hall–Kier alpha value is -0.0513. The van der Waals surface area contributed by atoms with Gasteiger partial charge in [-0.3, -0.25) is 0 Å². The van der Waals surface area contributed by atoms with Gasteiger partial charge in [-0.05, 0) is 0 Å². The Bertz CT molecular complexity index is 440. The third-order valence-electron chi connectivity index (χ3n) is 5.13.